The first kappa shape index (κ1) is 18.1. The lowest BCUT2D eigenvalue weighted by atomic mass is 9.79. The molecule has 134 valence electrons. The van der Waals surface area contributed by atoms with Crippen LogP contribution in [0.2, 0.25) is 0 Å². The number of halogens is 1. The fraction of sp³-hybridized carbons (Fsp3) is 0.400. The first-order valence-electron chi connectivity index (χ1n) is 8.65. The van der Waals surface area contributed by atoms with Gasteiger partial charge in [-0.2, -0.15) is 8.42 Å². The number of rotatable bonds is 5. The average Bonchev–Trinajstić information content (AvgIpc) is 2.62. The lowest BCUT2D eigenvalue weighted by molar-refractivity contribution is 0.204. The van der Waals surface area contributed by atoms with Gasteiger partial charge in [-0.15, -0.1) is 0 Å². The van der Waals surface area contributed by atoms with Crippen LogP contribution in [0, 0.1) is 18.7 Å². The Morgan fingerprint density at radius 1 is 0.960 bits per heavy atom. The zero-order valence-corrected chi connectivity index (χ0v) is 15.1. The highest BCUT2D eigenvalue weighted by atomic mass is 32.2. The van der Waals surface area contributed by atoms with E-state index in [0.717, 1.165) is 36.8 Å². The third-order valence-corrected chi connectivity index (χ3v) is 6.25. The van der Waals surface area contributed by atoms with Crippen LogP contribution in [0.25, 0.3) is 0 Å². The van der Waals surface area contributed by atoms with Gasteiger partial charge in [-0.25, -0.2) is 4.39 Å². The second-order valence-corrected chi connectivity index (χ2v) is 8.44. The van der Waals surface area contributed by atoms with Crippen molar-refractivity contribution >= 4 is 10.1 Å². The molecule has 0 aliphatic heterocycles. The van der Waals surface area contributed by atoms with Gasteiger partial charge < -0.3 is 0 Å². The molecule has 2 aromatic rings. The maximum absolute atomic E-state index is 13.0. The number of aryl methyl sites for hydroxylation is 1. The maximum Gasteiger partial charge on any atom is 0.296 e. The van der Waals surface area contributed by atoms with Crippen LogP contribution in [0.4, 0.5) is 4.39 Å². The molecule has 0 atom stereocenters. The summed E-state index contributed by atoms with van der Waals surface area (Å²) in [6.45, 7) is 2.14. The van der Waals surface area contributed by atoms with Gasteiger partial charge in [0.15, 0.2) is 0 Å². The van der Waals surface area contributed by atoms with Crippen molar-refractivity contribution in [1.82, 2.24) is 0 Å². The van der Waals surface area contributed by atoms with Gasteiger partial charge in [-0.3, -0.25) is 4.18 Å². The van der Waals surface area contributed by atoms with Crippen molar-refractivity contribution in [1.29, 1.82) is 0 Å². The van der Waals surface area contributed by atoms with E-state index in [0.29, 0.717) is 5.92 Å². The minimum Gasteiger partial charge on any atom is -0.266 e. The molecular weight excluding hydrogens is 339 g/mol. The highest BCUT2D eigenvalue weighted by Gasteiger charge is 2.25. The molecule has 1 aliphatic rings. The minimum absolute atomic E-state index is 0.207. The van der Waals surface area contributed by atoms with Gasteiger partial charge in [0.1, 0.15) is 5.82 Å². The molecule has 0 bridgehead atoms. The van der Waals surface area contributed by atoms with Gasteiger partial charge in [0.25, 0.3) is 10.1 Å². The van der Waals surface area contributed by atoms with Crippen molar-refractivity contribution in [2.45, 2.75) is 43.4 Å². The Labute approximate surface area is 149 Å². The fourth-order valence-corrected chi connectivity index (χ4v) is 4.33. The Hall–Kier alpha value is -1.72. The molecule has 0 aromatic heterocycles. The number of benzene rings is 2. The van der Waals surface area contributed by atoms with Gasteiger partial charge in [0, 0.05) is 0 Å². The van der Waals surface area contributed by atoms with Crippen LogP contribution in [-0.4, -0.2) is 15.0 Å². The molecule has 0 heterocycles. The van der Waals surface area contributed by atoms with Gasteiger partial charge in [0.05, 0.1) is 11.5 Å². The average molecular weight is 362 g/mol. The Morgan fingerprint density at radius 3 is 2.16 bits per heavy atom. The molecule has 25 heavy (non-hydrogen) atoms. The summed E-state index contributed by atoms with van der Waals surface area (Å²) in [5, 5.41) is 0. The van der Waals surface area contributed by atoms with Crippen molar-refractivity contribution < 1.29 is 17.0 Å². The van der Waals surface area contributed by atoms with Crippen LogP contribution in [0.1, 0.15) is 42.7 Å². The van der Waals surface area contributed by atoms with Crippen molar-refractivity contribution in [2.75, 3.05) is 6.61 Å². The summed E-state index contributed by atoms with van der Waals surface area (Å²) >= 11 is 0. The van der Waals surface area contributed by atoms with E-state index < -0.39 is 10.1 Å². The predicted molar refractivity (Wildman–Crippen MR) is 95.4 cm³/mol. The zero-order valence-electron chi connectivity index (χ0n) is 14.3. The van der Waals surface area contributed by atoms with E-state index in [9.17, 15) is 12.8 Å². The summed E-state index contributed by atoms with van der Waals surface area (Å²) in [4.78, 5) is 0.207. The van der Waals surface area contributed by atoms with E-state index in [1.807, 2.05) is 19.1 Å². The summed E-state index contributed by atoms with van der Waals surface area (Å²) in [5.41, 5.74) is 2.17. The van der Waals surface area contributed by atoms with Crippen LogP contribution >= 0.6 is 0 Å². The van der Waals surface area contributed by atoms with Gasteiger partial charge >= 0.3 is 0 Å². The van der Waals surface area contributed by atoms with E-state index in [1.54, 1.807) is 24.3 Å². The second-order valence-electron chi connectivity index (χ2n) is 6.82. The van der Waals surface area contributed by atoms with Gasteiger partial charge in [0.2, 0.25) is 0 Å². The van der Waals surface area contributed by atoms with Crippen LogP contribution in [0.5, 0.6) is 0 Å². The SMILES string of the molecule is Cc1ccc(S(=O)(=O)OC[C@H]2CC[C@H](c3ccc(F)cc3)CC2)cc1. The van der Waals surface area contributed by atoms with Crippen LogP contribution in [0.15, 0.2) is 53.4 Å². The third kappa shape index (κ3) is 4.67. The summed E-state index contributed by atoms with van der Waals surface area (Å²) in [5.74, 6) is 0.453. The molecule has 1 aliphatic carbocycles. The molecule has 0 spiro atoms. The molecule has 5 heteroatoms. The van der Waals surface area contributed by atoms with Crippen molar-refractivity contribution in [3.8, 4) is 0 Å². The van der Waals surface area contributed by atoms with Crippen LogP contribution in [-0.2, 0) is 14.3 Å². The van der Waals surface area contributed by atoms with E-state index >= 15 is 0 Å². The monoisotopic (exact) mass is 362 g/mol. The molecule has 0 unspecified atom stereocenters. The molecule has 0 amide bonds. The van der Waals surface area contributed by atoms with Crippen molar-refractivity contribution in [3.63, 3.8) is 0 Å². The quantitative estimate of drug-likeness (QED) is 0.717. The van der Waals surface area contributed by atoms with E-state index in [-0.39, 0.29) is 23.2 Å². The number of hydrogen-bond donors (Lipinski definition) is 0. The Kier molecular flexibility index (Phi) is 5.54. The minimum atomic E-state index is -3.69. The lowest BCUT2D eigenvalue weighted by Gasteiger charge is -2.28. The molecule has 1 saturated carbocycles. The fourth-order valence-electron chi connectivity index (χ4n) is 3.36. The maximum atomic E-state index is 13.0. The topological polar surface area (TPSA) is 43.4 Å². The van der Waals surface area contributed by atoms with E-state index in [2.05, 4.69) is 0 Å². The largest absolute Gasteiger partial charge is 0.296 e. The molecule has 0 saturated heterocycles. The Bertz CT molecular complexity index is 790. The Morgan fingerprint density at radius 2 is 1.56 bits per heavy atom. The molecule has 1 fully saturated rings. The Balaban J connectivity index is 1.52. The van der Waals surface area contributed by atoms with Crippen molar-refractivity contribution in [2.24, 2.45) is 5.92 Å². The van der Waals surface area contributed by atoms with Gasteiger partial charge in [-0.05, 0) is 74.3 Å². The van der Waals surface area contributed by atoms with E-state index in [4.69, 9.17) is 4.18 Å². The molecule has 3 rings (SSSR count). The van der Waals surface area contributed by atoms with Crippen molar-refractivity contribution in [3.05, 3.63) is 65.5 Å². The van der Waals surface area contributed by atoms with Gasteiger partial charge in [-0.1, -0.05) is 29.8 Å². The highest BCUT2D eigenvalue weighted by Crippen LogP contribution is 2.36. The summed E-state index contributed by atoms with van der Waals surface area (Å²) < 4.78 is 42.8. The number of hydrogen-bond acceptors (Lipinski definition) is 3. The molecule has 0 N–H and O–H groups in total. The summed E-state index contributed by atoms with van der Waals surface area (Å²) in [6, 6.07) is 13.4. The highest BCUT2D eigenvalue weighted by molar-refractivity contribution is 7.86. The normalized spacial score (nSPS) is 21.2. The predicted octanol–water partition coefficient (Wildman–Crippen LogP) is 4.81. The smallest absolute Gasteiger partial charge is 0.266 e. The summed E-state index contributed by atoms with van der Waals surface area (Å²) in [6.07, 6.45) is 3.80. The first-order chi connectivity index (χ1) is 11.9. The second kappa shape index (κ2) is 7.67. The van der Waals surface area contributed by atoms with E-state index in [1.165, 1.54) is 12.1 Å². The standard InChI is InChI=1S/C20H23FO3S/c1-15-2-12-20(13-3-15)25(22,23)24-14-16-4-6-17(7-5-16)18-8-10-19(21)11-9-18/h2-3,8-13,16-17H,4-7,14H2,1H3/t16-,17-. The summed E-state index contributed by atoms with van der Waals surface area (Å²) in [7, 11) is -3.69. The molecule has 2 aromatic carbocycles. The molecular formula is C20H23FO3S. The molecule has 3 nitrogen and oxygen atoms in total. The first-order valence-corrected chi connectivity index (χ1v) is 10.1. The molecule has 0 radical (unpaired) electrons. The van der Waals surface area contributed by atoms with Crippen LogP contribution < -0.4 is 0 Å². The lowest BCUT2D eigenvalue weighted by Crippen LogP contribution is -2.20. The third-order valence-electron chi connectivity index (χ3n) is 4.96. The van der Waals surface area contributed by atoms with Crippen LogP contribution in [0.3, 0.4) is 0 Å². The zero-order chi connectivity index (χ0) is 17.9.